The SMILES string of the molecule is CN1CCN(C(=O)NCCOc2ccc3ncccc3c2)CC1. The highest BCUT2D eigenvalue weighted by atomic mass is 16.5. The first-order valence-corrected chi connectivity index (χ1v) is 7.91. The van der Waals surface area contributed by atoms with Gasteiger partial charge in [0.1, 0.15) is 12.4 Å². The van der Waals surface area contributed by atoms with Gasteiger partial charge in [0, 0.05) is 37.8 Å². The molecule has 1 aliphatic heterocycles. The second-order valence-electron chi connectivity index (χ2n) is 5.73. The maximum Gasteiger partial charge on any atom is 0.317 e. The van der Waals surface area contributed by atoms with E-state index in [-0.39, 0.29) is 6.03 Å². The molecule has 0 spiro atoms. The first kappa shape index (κ1) is 15.6. The van der Waals surface area contributed by atoms with E-state index in [0.29, 0.717) is 13.2 Å². The van der Waals surface area contributed by atoms with Gasteiger partial charge in [-0.25, -0.2) is 4.79 Å². The Balaban J connectivity index is 1.43. The van der Waals surface area contributed by atoms with Gasteiger partial charge in [0.05, 0.1) is 12.1 Å². The first-order chi connectivity index (χ1) is 11.2. The normalized spacial score (nSPS) is 15.6. The average Bonchev–Trinajstić information content (AvgIpc) is 2.59. The highest BCUT2D eigenvalue weighted by Crippen LogP contribution is 2.18. The molecule has 0 bridgehead atoms. The molecular formula is C17H22N4O2. The Bertz CT molecular complexity index is 668. The van der Waals surface area contributed by atoms with E-state index in [1.54, 1.807) is 6.20 Å². The zero-order valence-electron chi connectivity index (χ0n) is 13.4. The number of carbonyl (C=O) groups is 1. The van der Waals surface area contributed by atoms with Crippen molar-refractivity contribution in [2.45, 2.75) is 0 Å². The number of benzene rings is 1. The number of nitrogens with zero attached hydrogens (tertiary/aromatic N) is 3. The Morgan fingerprint density at radius 2 is 2.09 bits per heavy atom. The van der Waals surface area contributed by atoms with Gasteiger partial charge in [-0.2, -0.15) is 0 Å². The van der Waals surface area contributed by atoms with Gasteiger partial charge in [-0.05, 0) is 31.3 Å². The summed E-state index contributed by atoms with van der Waals surface area (Å²) < 4.78 is 5.70. The van der Waals surface area contributed by atoms with Crippen LogP contribution in [0, 0.1) is 0 Å². The second kappa shape index (κ2) is 7.28. The number of likely N-dealkylation sites (N-methyl/N-ethyl adjacent to an activating group) is 1. The van der Waals surface area contributed by atoms with Gasteiger partial charge < -0.3 is 19.9 Å². The minimum Gasteiger partial charge on any atom is -0.492 e. The topological polar surface area (TPSA) is 57.7 Å². The highest BCUT2D eigenvalue weighted by molar-refractivity contribution is 5.79. The Morgan fingerprint density at radius 1 is 1.26 bits per heavy atom. The van der Waals surface area contributed by atoms with Gasteiger partial charge in [0.2, 0.25) is 0 Å². The van der Waals surface area contributed by atoms with Crippen LogP contribution in [0.15, 0.2) is 36.5 Å². The summed E-state index contributed by atoms with van der Waals surface area (Å²) in [6.45, 7) is 4.35. The smallest absolute Gasteiger partial charge is 0.317 e. The maximum atomic E-state index is 12.0. The summed E-state index contributed by atoms with van der Waals surface area (Å²) in [5.41, 5.74) is 0.947. The van der Waals surface area contributed by atoms with Crippen LogP contribution in [-0.2, 0) is 0 Å². The summed E-state index contributed by atoms with van der Waals surface area (Å²) in [4.78, 5) is 20.4. The number of fused-ring (bicyclic) bond motifs is 1. The Kier molecular flexibility index (Phi) is 4.92. The monoisotopic (exact) mass is 314 g/mol. The number of urea groups is 1. The van der Waals surface area contributed by atoms with Gasteiger partial charge in [-0.1, -0.05) is 6.07 Å². The molecule has 23 heavy (non-hydrogen) atoms. The zero-order valence-corrected chi connectivity index (χ0v) is 13.4. The molecule has 122 valence electrons. The second-order valence-corrected chi connectivity index (χ2v) is 5.73. The summed E-state index contributed by atoms with van der Waals surface area (Å²) in [5.74, 6) is 0.791. The minimum absolute atomic E-state index is 0.00980. The molecule has 1 fully saturated rings. The standard InChI is InChI=1S/C17H22N4O2/c1-20-8-10-21(11-9-20)17(22)19-7-12-23-15-4-5-16-14(13-15)3-2-6-18-16/h2-6,13H,7-12H2,1H3,(H,19,22). The van der Waals surface area contributed by atoms with E-state index in [2.05, 4.69) is 22.2 Å². The minimum atomic E-state index is -0.00980. The summed E-state index contributed by atoms with van der Waals surface area (Å²) in [6.07, 6.45) is 1.77. The van der Waals surface area contributed by atoms with Crippen molar-refractivity contribution in [1.29, 1.82) is 0 Å². The quantitative estimate of drug-likeness (QED) is 0.871. The van der Waals surface area contributed by atoms with Crippen molar-refractivity contribution >= 4 is 16.9 Å². The Morgan fingerprint density at radius 3 is 2.91 bits per heavy atom. The lowest BCUT2D eigenvalue weighted by molar-refractivity contribution is 0.153. The molecule has 1 aromatic heterocycles. The molecular weight excluding hydrogens is 292 g/mol. The third-order valence-corrected chi connectivity index (χ3v) is 4.01. The molecule has 1 aliphatic rings. The Labute approximate surface area is 136 Å². The van der Waals surface area contributed by atoms with Crippen molar-refractivity contribution in [3.8, 4) is 5.75 Å². The largest absolute Gasteiger partial charge is 0.492 e. The number of hydrogen-bond acceptors (Lipinski definition) is 4. The fraction of sp³-hybridized carbons (Fsp3) is 0.412. The molecule has 1 saturated heterocycles. The van der Waals surface area contributed by atoms with Crippen molar-refractivity contribution in [3.05, 3.63) is 36.5 Å². The lowest BCUT2D eigenvalue weighted by Gasteiger charge is -2.32. The molecule has 2 heterocycles. The maximum absolute atomic E-state index is 12.0. The number of amides is 2. The fourth-order valence-electron chi connectivity index (χ4n) is 2.59. The number of rotatable bonds is 4. The predicted octanol–water partition coefficient (Wildman–Crippen LogP) is 1.57. The van der Waals surface area contributed by atoms with Gasteiger partial charge >= 0.3 is 6.03 Å². The van der Waals surface area contributed by atoms with Gasteiger partial charge in [-0.15, -0.1) is 0 Å². The zero-order chi connectivity index (χ0) is 16.1. The van der Waals surface area contributed by atoms with E-state index in [1.807, 2.05) is 35.2 Å². The molecule has 2 aromatic rings. The molecule has 1 N–H and O–H groups in total. The molecule has 1 aromatic carbocycles. The van der Waals surface area contributed by atoms with E-state index in [4.69, 9.17) is 4.74 Å². The number of hydrogen-bond donors (Lipinski definition) is 1. The molecule has 2 amide bonds. The fourth-order valence-corrected chi connectivity index (χ4v) is 2.59. The van der Waals surface area contributed by atoms with Crippen LogP contribution in [0.2, 0.25) is 0 Å². The van der Waals surface area contributed by atoms with Crippen LogP contribution < -0.4 is 10.1 Å². The average molecular weight is 314 g/mol. The molecule has 3 rings (SSSR count). The van der Waals surface area contributed by atoms with Crippen LogP contribution in [0.3, 0.4) is 0 Å². The van der Waals surface area contributed by atoms with Gasteiger partial charge in [0.15, 0.2) is 0 Å². The summed E-state index contributed by atoms with van der Waals surface area (Å²) in [7, 11) is 2.07. The first-order valence-electron chi connectivity index (χ1n) is 7.91. The highest BCUT2D eigenvalue weighted by Gasteiger charge is 2.18. The third kappa shape index (κ3) is 4.10. The van der Waals surface area contributed by atoms with Crippen molar-refractivity contribution in [2.24, 2.45) is 0 Å². The Hall–Kier alpha value is -2.34. The third-order valence-electron chi connectivity index (χ3n) is 4.01. The number of pyridine rings is 1. The summed E-state index contributed by atoms with van der Waals surface area (Å²) >= 11 is 0. The number of aromatic nitrogens is 1. The summed E-state index contributed by atoms with van der Waals surface area (Å²) in [6, 6.07) is 9.70. The van der Waals surface area contributed by atoms with E-state index in [1.165, 1.54) is 0 Å². The van der Waals surface area contributed by atoms with Crippen molar-refractivity contribution < 1.29 is 9.53 Å². The lowest BCUT2D eigenvalue weighted by atomic mass is 10.2. The predicted molar refractivity (Wildman–Crippen MR) is 89.7 cm³/mol. The number of ether oxygens (including phenoxy) is 1. The van der Waals surface area contributed by atoms with Crippen LogP contribution >= 0.6 is 0 Å². The van der Waals surface area contributed by atoms with E-state index in [0.717, 1.165) is 42.8 Å². The molecule has 0 unspecified atom stereocenters. The molecule has 6 nitrogen and oxygen atoms in total. The number of carbonyl (C=O) groups excluding carboxylic acids is 1. The molecule has 6 heteroatoms. The van der Waals surface area contributed by atoms with Crippen molar-refractivity contribution in [3.63, 3.8) is 0 Å². The molecule has 0 saturated carbocycles. The van der Waals surface area contributed by atoms with Crippen LogP contribution in [0.1, 0.15) is 0 Å². The van der Waals surface area contributed by atoms with E-state index < -0.39 is 0 Å². The van der Waals surface area contributed by atoms with Gasteiger partial charge in [0.25, 0.3) is 0 Å². The van der Waals surface area contributed by atoms with Crippen LogP contribution in [0.4, 0.5) is 4.79 Å². The van der Waals surface area contributed by atoms with Crippen LogP contribution in [-0.4, -0.2) is 67.2 Å². The molecule has 0 aliphatic carbocycles. The van der Waals surface area contributed by atoms with E-state index >= 15 is 0 Å². The van der Waals surface area contributed by atoms with Crippen LogP contribution in [0.25, 0.3) is 10.9 Å². The molecule has 0 radical (unpaired) electrons. The lowest BCUT2D eigenvalue weighted by Crippen LogP contribution is -2.51. The summed E-state index contributed by atoms with van der Waals surface area (Å²) in [5, 5.41) is 3.95. The van der Waals surface area contributed by atoms with Crippen molar-refractivity contribution in [2.75, 3.05) is 46.4 Å². The molecule has 0 atom stereocenters. The van der Waals surface area contributed by atoms with Gasteiger partial charge in [-0.3, -0.25) is 4.98 Å². The van der Waals surface area contributed by atoms with Crippen LogP contribution in [0.5, 0.6) is 5.75 Å². The van der Waals surface area contributed by atoms with E-state index in [9.17, 15) is 4.79 Å². The number of piperazine rings is 1. The number of nitrogens with one attached hydrogen (secondary N) is 1. The van der Waals surface area contributed by atoms with Crippen molar-refractivity contribution in [1.82, 2.24) is 20.1 Å².